The molecule has 0 aliphatic carbocycles. The average molecular weight is 446 g/mol. The average Bonchev–Trinajstić information content (AvgIpc) is 2.76. The van der Waals surface area contributed by atoms with Gasteiger partial charge < -0.3 is 15.1 Å². The van der Waals surface area contributed by atoms with E-state index in [0.29, 0.717) is 47.2 Å². The fraction of sp³-hybridized carbons (Fsp3) is 0.333. The van der Waals surface area contributed by atoms with Crippen molar-refractivity contribution in [3.05, 3.63) is 52.1 Å². The van der Waals surface area contributed by atoms with E-state index in [4.69, 9.17) is 28.5 Å². The summed E-state index contributed by atoms with van der Waals surface area (Å²) in [5.74, 6) is 0.216. The van der Waals surface area contributed by atoms with Crippen molar-refractivity contribution >= 4 is 46.5 Å². The van der Waals surface area contributed by atoms with Gasteiger partial charge in [-0.3, -0.25) is 9.59 Å². The zero-order valence-electron chi connectivity index (χ0n) is 16.4. The molecule has 156 valence electrons. The smallest absolute Gasteiger partial charge is 0.244 e. The number of nitrogens with zero attached hydrogens (tertiary/aromatic N) is 4. The fourth-order valence-corrected chi connectivity index (χ4v) is 3.89. The van der Waals surface area contributed by atoms with Crippen LogP contribution in [0.2, 0.25) is 10.0 Å². The Morgan fingerprint density at radius 2 is 1.90 bits per heavy atom. The van der Waals surface area contributed by atoms with E-state index in [1.54, 1.807) is 37.5 Å². The number of pyridine rings is 1. The van der Waals surface area contributed by atoms with Crippen molar-refractivity contribution in [3.63, 3.8) is 0 Å². The summed E-state index contributed by atoms with van der Waals surface area (Å²) < 4.78 is 0. The van der Waals surface area contributed by atoms with Gasteiger partial charge in [0.15, 0.2) is 0 Å². The first-order valence-electron chi connectivity index (χ1n) is 9.49. The predicted molar refractivity (Wildman–Crippen MR) is 117 cm³/mol. The van der Waals surface area contributed by atoms with E-state index >= 15 is 0 Å². The number of carbonyl (C=O) groups is 2. The number of hydrogen-bond donors (Lipinski definition) is 1. The molecule has 0 unspecified atom stereocenters. The van der Waals surface area contributed by atoms with Crippen molar-refractivity contribution in [2.45, 2.75) is 12.8 Å². The minimum atomic E-state index is -0.361. The van der Waals surface area contributed by atoms with E-state index in [0.717, 1.165) is 5.82 Å². The van der Waals surface area contributed by atoms with Gasteiger partial charge in [-0.05, 0) is 37.1 Å². The Morgan fingerprint density at radius 3 is 2.47 bits per heavy atom. The number of nitrogens with one attached hydrogen (secondary N) is 1. The van der Waals surface area contributed by atoms with Gasteiger partial charge in [0.1, 0.15) is 11.9 Å². The zero-order chi connectivity index (χ0) is 21.7. The maximum absolute atomic E-state index is 12.8. The lowest BCUT2D eigenvalue weighted by Crippen LogP contribution is -2.43. The molecular formula is C21H21Cl2N5O2. The molecule has 3 rings (SSSR count). The van der Waals surface area contributed by atoms with Crippen LogP contribution in [-0.4, -0.2) is 48.4 Å². The Balaban J connectivity index is 1.51. The Labute approximate surface area is 185 Å². The van der Waals surface area contributed by atoms with Gasteiger partial charge in [0.05, 0.1) is 27.8 Å². The van der Waals surface area contributed by atoms with Crippen LogP contribution in [0.15, 0.2) is 36.5 Å². The molecule has 0 radical (unpaired) electrons. The second-order valence-corrected chi connectivity index (χ2v) is 7.93. The van der Waals surface area contributed by atoms with Crippen molar-refractivity contribution in [2.24, 2.45) is 5.92 Å². The van der Waals surface area contributed by atoms with Crippen molar-refractivity contribution in [1.82, 2.24) is 9.88 Å². The molecule has 0 saturated carbocycles. The van der Waals surface area contributed by atoms with E-state index < -0.39 is 0 Å². The van der Waals surface area contributed by atoms with Crippen molar-refractivity contribution < 1.29 is 9.59 Å². The standard InChI is InChI=1S/C21H21Cl2N5O2/c1-27(13-19(29)26-20-16(22)3-2-4-17(20)23)21(30)15-7-9-28(10-8-15)18-6-5-14(11-24)12-25-18/h2-6,12,15H,7-10,13H2,1H3,(H,26,29). The molecule has 0 bridgehead atoms. The van der Waals surface area contributed by atoms with Crippen LogP contribution in [0.5, 0.6) is 0 Å². The topological polar surface area (TPSA) is 89.3 Å². The van der Waals surface area contributed by atoms with Gasteiger partial charge in [-0.1, -0.05) is 29.3 Å². The number of benzene rings is 1. The molecule has 1 fully saturated rings. The molecule has 9 heteroatoms. The molecule has 30 heavy (non-hydrogen) atoms. The summed E-state index contributed by atoms with van der Waals surface area (Å²) >= 11 is 12.1. The van der Waals surface area contributed by atoms with Crippen LogP contribution in [0.4, 0.5) is 11.5 Å². The van der Waals surface area contributed by atoms with Crippen molar-refractivity contribution in [1.29, 1.82) is 5.26 Å². The summed E-state index contributed by atoms with van der Waals surface area (Å²) in [6.07, 6.45) is 2.88. The number of anilines is 2. The first-order valence-corrected chi connectivity index (χ1v) is 10.2. The van der Waals surface area contributed by atoms with Crippen molar-refractivity contribution in [2.75, 3.05) is 36.9 Å². The number of nitriles is 1. The number of piperidine rings is 1. The van der Waals surface area contributed by atoms with Crippen LogP contribution in [0.1, 0.15) is 18.4 Å². The molecule has 1 aliphatic rings. The molecule has 0 atom stereocenters. The minimum Gasteiger partial charge on any atom is -0.357 e. The molecule has 2 aromatic rings. The van der Waals surface area contributed by atoms with Gasteiger partial charge in [0.2, 0.25) is 11.8 Å². The van der Waals surface area contributed by atoms with Crippen LogP contribution in [-0.2, 0) is 9.59 Å². The fourth-order valence-electron chi connectivity index (χ4n) is 3.40. The summed E-state index contributed by atoms with van der Waals surface area (Å²) in [5, 5.41) is 12.2. The molecule has 2 amide bonds. The third kappa shape index (κ3) is 5.21. The molecule has 2 heterocycles. The molecule has 1 aliphatic heterocycles. The number of carbonyl (C=O) groups excluding carboxylic acids is 2. The van der Waals surface area contributed by atoms with Gasteiger partial charge in [-0.2, -0.15) is 5.26 Å². The van der Waals surface area contributed by atoms with Crippen LogP contribution in [0.3, 0.4) is 0 Å². The Morgan fingerprint density at radius 1 is 1.23 bits per heavy atom. The maximum Gasteiger partial charge on any atom is 0.244 e. The summed E-state index contributed by atoms with van der Waals surface area (Å²) in [5.41, 5.74) is 0.858. The number of amides is 2. The number of hydrogen-bond acceptors (Lipinski definition) is 5. The normalized spacial score (nSPS) is 14.1. The highest BCUT2D eigenvalue weighted by molar-refractivity contribution is 6.39. The van der Waals surface area contributed by atoms with Gasteiger partial charge in [-0.15, -0.1) is 0 Å². The summed E-state index contributed by atoms with van der Waals surface area (Å²) in [7, 11) is 1.62. The van der Waals surface area contributed by atoms with Crippen LogP contribution < -0.4 is 10.2 Å². The first-order chi connectivity index (χ1) is 14.4. The lowest BCUT2D eigenvalue weighted by atomic mass is 9.95. The lowest BCUT2D eigenvalue weighted by Gasteiger charge is -2.33. The third-order valence-electron chi connectivity index (χ3n) is 5.03. The maximum atomic E-state index is 12.8. The quantitative estimate of drug-likeness (QED) is 0.759. The summed E-state index contributed by atoms with van der Waals surface area (Å²) in [6.45, 7) is 1.28. The second kappa shape index (κ2) is 9.79. The highest BCUT2D eigenvalue weighted by Crippen LogP contribution is 2.29. The minimum absolute atomic E-state index is 0.0668. The zero-order valence-corrected chi connectivity index (χ0v) is 18.0. The van der Waals surface area contributed by atoms with Crippen LogP contribution >= 0.6 is 23.2 Å². The van der Waals surface area contributed by atoms with Gasteiger partial charge in [-0.25, -0.2) is 4.98 Å². The number of likely N-dealkylation sites (N-methyl/N-ethyl adjacent to an activating group) is 1. The van der Waals surface area contributed by atoms with E-state index in [1.807, 2.05) is 12.1 Å². The van der Waals surface area contributed by atoms with E-state index in [2.05, 4.69) is 15.2 Å². The van der Waals surface area contributed by atoms with Crippen molar-refractivity contribution in [3.8, 4) is 6.07 Å². The van der Waals surface area contributed by atoms with Crippen LogP contribution in [0, 0.1) is 17.2 Å². The first kappa shape index (κ1) is 21.9. The van der Waals surface area contributed by atoms with E-state index in [-0.39, 0.29) is 24.3 Å². The Kier molecular flexibility index (Phi) is 7.14. The molecular weight excluding hydrogens is 425 g/mol. The molecule has 7 nitrogen and oxygen atoms in total. The molecule has 1 aromatic heterocycles. The number of halogens is 2. The van der Waals surface area contributed by atoms with Crippen LogP contribution in [0.25, 0.3) is 0 Å². The third-order valence-corrected chi connectivity index (χ3v) is 5.66. The Bertz CT molecular complexity index is 946. The largest absolute Gasteiger partial charge is 0.357 e. The SMILES string of the molecule is CN(CC(=O)Nc1c(Cl)cccc1Cl)C(=O)C1CCN(c2ccc(C#N)cn2)CC1. The van der Waals surface area contributed by atoms with E-state index in [9.17, 15) is 9.59 Å². The molecule has 0 spiro atoms. The predicted octanol–water partition coefficient (Wildman–Crippen LogP) is 3.57. The van der Waals surface area contributed by atoms with Gasteiger partial charge in [0, 0.05) is 32.3 Å². The molecule has 1 N–H and O–H groups in total. The van der Waals surface area contributed by atoms with Gasteiger partial charge in [0.25, 0.3) is 0 Å². The Hall–Kier alpha value is -2.82. The second-order valence-electron chi connectivity index (χ2n) is 7.12. The van der Waals surface area contributed by atoms with Gasteiger partial charge >= 0.3 is 0 Å². The highest BCUT2D eigenvalue weighted by atomic mass is 35.5. The summed E-state index contributed by atoms with van der Waals surface area (Å²) in [4.78, 5) is 32.9. The summed E-state index contributed by atoms with van der Waals surface area (Å²) in [6, 6.07) is 10.6. The number of aromatic nitrogens is 1. The number of rotatable bonds is 5. The molecule has 1 aromatic carbocycles. The van der Waals surface area contributed by atoms with E-state index in [1.165, 1.54) is 4.90 Å². The monoisotopic (exact) mass is 445 g/mol. The highest BCUT2D eigenvalue weighted by Gasteiger charge is 2.28. The number of para-hydroxylation sites is 1. The molecule has 1 saturated heterocycles. The lowest BCUT2D eigenvalue weighted by molar-refractivity contribution is -0.137.